The second-order valence-electron chi connectivity index (χ2n) is 4.05. The van der Waals surface area contributed by atoms with Crippen LogP contribution in [0.3, 0.4) is 0 Å². The lowest BCUT2D eigenvalue weighted by Crippen LogP contribution is -2.26. The highest BCUT2D eigenvalue weighted by molar-refractivity contribution is 7.87. The maximum atomic E-state index is 12.1. The molecule has 1 atom stereocenters. The summed E-state index contributed by atoms with van der Waals surface area (Å²) in [5, 5.41) is 0. The van der Waals surface area contributed by atoms with Crippen LogP contribution >= 0.6 is 0 Å². The van der Waals surface area contributed by atoms with Crippen LogP contribution in [-0.2, 0) is 23.8 Å². The number of carbonyl (C=O) groups excluding carboxylic acids is 1. The molecular formula is C10H13F3O5S. The first-order valence-electron chi connectivity index (χ1n) is 5.44. The Balaban J connectivity index is 2.76. The highest BCUT2D eigenvalue weighted by atomic mass is 32.2. The van der Waals surface area contributed by atoms with Gasteiger partial charge >= 0.3 is 21.6 Å². The first-order valence-corrected chi connectivity index (χ1v) is 6.85. The zero-order valence-corrected chi connectivity index (χ0v) is 10.9. The molecule has 0 aromatic heterocycles. The van der Waals surface area contributed by atoms with Crippen molar-refractivity contribution in [1.29, 1.82) is 0 Å². The van der Waals surface area contributed by atoms with Gasteiger partial charge in [-0.25, -0.2) is 0 Å². The predicted octanol–water partition coefficient (Wildman–Crippen LogP) is 2.10. The van der Waals surface area contributed by atoms with Crippen LogP contribution in [0.4, 0.5) is 13.2 Å². The lowest BCUT2D eigenvalue weighted by Gasteiger charge is -2.20. The molecule has 1 unspecified atom stereocenters. The van der Waals surface area contributed by atoms with E-state index in [0.29, 0.717) is 12.8 Å². The van der Waals surface area contributed by atoms with Gasteiger partial charge in [0, 0.05) is 6.42 Å². The highest BCUT2D eigenvalue weighted by Crippen LogP contribution is 2.32. The minimum absolute atomic E-state index is 0.0184. The molecule has 0 heterocycles. The standard InChI is InChI=1S/C10H13F3O5S/c1-17-9(14)6-7-3-2-4-8(5-7)18-19(15,16)10(11,12)13/h5,7H,2-4,6H2,1H3. The maximum Gasteiger partial charge on any atom is 0.534 e. The summed E-state index contributed by atoms with van der Waals surface area (Å²) in [4.78, 5) is 11.0. The third-order valence-electron chi connectivity index (χ3n) is 2.58. The molecule has 1 rings (SSSR count). The number of hydrogen-bond donors (Lipinski definition) is 0. The summed E-state index contributed by atoms with van der Waals surface area (Å²) in [6.07, 6.45) is 2.32. The summed E-state index contributed by atoms with van der Waals surface area (Å²) in [6.45, 7) is 0. The van der Waals surface area contributed by atoms with E-state index in [1.54, 1.807) is 0 Å². The Morgan fingerprint density at radius 2 is 2.11 bits per heavy atom. The SMILES string of the molecule is COC(=O)CC1C=C(OS(=O)(=O)C(F)(F)F)CCC1. The van der Waals surface area contributed by atoms with Gasteiger partial charge in [-0.2, -0.15) is 21.6 Å². The molecule has 0 spiro atoms. The molecule has 110 valence electrons. The summed E-state index contributed by atoms with van der Waals surface area (Å²) in [6, 6.07) is 0. The molecule has 0 saturated heterocycles. The quantitative estimate of drug-likeness (QED) is 0.452. The van der Waals surface area contributed by atoms with Gasteiger partial charge in [-0.3, -0.25) is 4.79 Å². The van der Waals surface area contributed by atoms with Crippen molar-refractivity contribution in [2.24, 2.45) is 5.92 Å². The zero-order valence-electron chi connectivity index (χ0n) is 10.1. The Morgan fingerprint density at radius 1 is 1.47 bits per heavy atom. The molecule has 0 fully saturated rings. The third kappa shape index (κ3) is 4.41. The molecule has 0 amide bonds. The summed E-state index contributed by atoms with van der Waals surface area (Å²) in [5.74, 6) is -1.17. The monoisotopic (exact) mass is 302 g/mol. The summed E-state index contributed by atoms with van der Waals surface area (Å²) >= 11 is 0. The second-order valence-corrected chi connectivity index (χ2v) is 5.59. The van der Waals surface area contributed by atoms with Crippen molar-refractivity contribution in [2.75, 3.05) is 7.11 Å². The normalized spacial score (nSPS) is 20.6. The van der Waals surface area contributed by atoms with Gasteiger partial charge in [0.05, 0.1) is 13.5 Å². The van der Waals surface area contributed by atoms with Crippen LogP contribution in [0.15, 0.2) is 11.8 Å². The van der Waals surface area contributed by atoms with Crippen LogP contribution in [0.1, 0.15) is 25.7 Å². The number of alkyl halides is 3. The number of esters is 1. The van der Waals surface area contributed by atoms with Gasteiger partial charge in [0.15, 0.2) is 0 Å². The first-order chi connectivity index (χ1) is 8.65. The van der Waals surface area contributed by atoms with E-state index in [4.69, 9.17) is 0 Å². The third-order valence-corrected chi connectivity index (χ3v) is 3.58. The summed E-state index contributed by atoms with van der Waals surface area (Å²) in [5.41, 5.74) is -5.46. The molecule has 0 N–H and O–H groups in total. The molecule has 0 saturated carbocycles. The van der Waals surface area contributed by atoms with Crippen molar-refractivity contribution in [1.82, 2.24) is 0 Å². The molecule has 1 aliphatic carbocycles. The average Bonchev–Trinajstić information content (AvgIpc) is 2.27. The summed E-state index contributed by atoms with van der Waals surface area (Å²) in [7, 11) is -4.44. The number of halogens is 3. The molecule has 0 aliphatic heterocycles. The van der Waals surface area contributed by atoms with Crippen molar-refractivity contribution >= 4 is 16.1 Å². The molecule has 0 aromatic carbocycles. The molecule has 0 bridgehead atoms. The van der Waals surface area contributed by atoms with E-state index in [9.17, 15) is 26.4 Å². The lowest BCUT2D eigenvalue weighted by molar-refractivity contribution is -0.141. The molecule has 19 heavy (non-hydrogen) atoms. The highest BCUT2D eigenvalue weighted by Gasteiger charge is 2.48. The van der Waals surface area contributed by atoms with Crippen LogP contribution in [0.2, 0.25) is 0 Å². The van der Waals surface area contributed by atoms with Crippen LogP contribution in [-0.4, -0.2) is 27.0 Å². The van der Waals surface area contributed by atoms with Crippen LogP contribution in [0.25, 0.3) is 0 Å². The molecule has 9 heteroatoms. The van der Waals surface area contributed by atoms with Gasteiger partial charge in [0.2, 0.25) is 0 Å². The number of hydrogen-bond acceptors (Lipinski definition) is 5. The topological polar surface area (TPSA) is 69.7 Å². The van der Waals surface area contributed by atoms with Crippen molar-refractivity contribution in [3.8, 4) is 0 Å². The number of carbonyl (C=O) groups is 1. The van der Waals surface area contributed by atoms with E-state index in [1.165, 1.54) is 13.2 Å². The van der Waals surface area contributed by atoms with Gasteiger partial charge in [-0.1, -0.05) is 0 Å². The molecular weight excluding hydrogens is 289 g/mol. The van der Waals surface area contributed by atoms with Crippen molar-refractivity contribution in [2.45, 2.75) is 31.2 Å². The van der Waals surface area contributed by atoms with E-state index >= 15 is 0 Å². The first kappa shape index (κ1) is 15.8. The minimum atomic E-state index is -5.64. The number of rotatable bonds is 4. The van der Waals surface area contributed by atoms with E-state index < -0.39 is 21.6 Å². The van der Waals surface area contributed by atoms with Crippen molar-refractivity contribution in [3.05, 3.63) is 11.8 Å². The fraction of sp³-hybridized carbons (Fsp3) is 0.700. The maximum absolute atomic E-state index is 12.1. The van der Waals surface area contributed by atoms with Gasteiger partial charge in [0.1, 0.15) is 5.76 Å². The van der Waals surface area contributed by atoms with Crippen LogP contribution < -0.4 is 0 Å². The Labute approximate surface area is 108 Å². The van der Waals surface area contributed by atoms with Crippen LogP contribution in [0.5, 0.6) is 0 Å². The second kappa shape index (κ2) is 5.81. The van der Waals surface area contributed by atoms with E-state index in [2.05, 4.69) is 8.92 Å². The van der Waals surface area contributed by atoms with E-state index in [0.717, 1.165) is 0 Å². The van der Waals surface area contributed by atoms with Gasteiger partial charge < -0.3 is 8.92 Å². The Hall–Kier alpha value is -1.25. The van der Waals surface area contributed by atoms with Gasteiger partial charge in [0.25, 0.3) is 0 Å². The predicted molar refractivity (Wildman–Crippen MR) is 58.1 cm³/mol. The molecule has 0 radical (unpaired) electrons. The van der Waals surface area contributed by atoms with Gasteiger partial charge in [-0.05, 0) is 24.8 Å². The largest absolute Gasteiger partial charge is 0.534 e. The Bertz CT molecular complexity index is 466. The van der Waals surface area contributed by atoms with Crippen molar-refractivity contribution < 1.29 is 35.3 Å². The van der Waals surface area contributed by atoms with Gasteiger partial charge in [-0.15, -0.1) is 0 Å². The molecule has 5 nitrogen and oxygen atoms in total. The average molecular weight is 302 g/mol. The fourth-order valence-electron chi connectivity index (χ4n) is 1.68. The number of methoxy groups -OCH3 is 1. The number of ether oxygens (including phenoxy) is 1. The summed E-state index contributed by atoms with van der Waals surface area (Å²) < 4.78 is 66.5. The van der Waals surface area contributed by atoms with E-state index in [1.807, 2.05) is 0 Å². The Kier molecular flexibility index (Phi) is 4.83. The zero-order chi connectivity index (χ0) is 14.7. The fourth-order valence-corrected chi connectivity index (χ4v) is 2.20. The van der Waals surface area contributed by atoms with Crippen molar-refractivity contribution in [3.63, 3.8) is 0 Å². The minimum Gasteiger partial charge on any atom is -0.469 e. The molecule has 0 aromatic rings. The Morgan fingerprint density at radius 3 is 2.63 bits per heavy atom. The van der Waals surface area contributed by atoms with E-state index in [-0.39, 0.29) is 24.5 Å². The lowest BCUT2D eigenvalue weighted by atomic mass is 9.92. The smallest absolute Gasteiger partial charge is 0.469 e. The van der Waals surface area contributed by atoms with Crippen LogP contribution in [0, 0.1) is 5.92 Å². The molecule has 1 aliphatic rings. The number of allylic oxidation sites excluding steroid dienone is 2.